The first-order valence-corrected chi connectivity index (χ1v) is 12.4. The Bertz CT molecular complexity index is 1240. The van der Waals surface area contributed by atoms with Gasteiger partial charge in [0, 0.05) is 17.0 Å². The highest BCUT2D eigenvalue weighted by atomic mass is 35.5. The molecule has 1 amide bonds. The molecule has 5 N–H and O–H groups in total. The Morgan fingerprint density at radius 1 is 1.11 bits per heavy atom. The molecule has 5 rings (SSSR count). The summed E-state index contributed by atoms with van der Waals surface area (Å²) in [6, 6.07) is 2.89. The number of fused-ring (bicyclic) bond motifs is 1. The van der Waals surface area contributed by atoms with E-state index < -0.39 is 6.10 Å². The van der Waals surface area contributed by atoms with Gasteiger partial charge in [-0.2, -0.15) is 4.98 Å². The summed E-state index contributed by atoms with van der Waals surface area (Å²) < 4.78 is 7.30. The number of primary amides is 1. The maximum atomic E-state index is 11.7. The largest absolute Gasteiger partial charge is 0.388 e. The van der Waals surface area contributed by atoms with E-state index in [1.807, 2.05) is 4.57 Å². The van der Waals surface area contributed by atoms with Crippen LogP contribution in [0.25, 0.3) is 11.2 Å². The van der Waals surface area contributed by atoms with Gasteiger partial charge in [-0.1, -0.05) is 34.8 Å². The Morgan fingerprint density at radius 2 is 1.83 bits per heavy atom. The number of hydrogen-bond donors (Lipinski definition) is 4. The number of halogens is 3. The molecule has 1 aromatic carbocycles. The standard InChI is InChI=1S/C22H24Cl3N7O3/c23-11-5-13(24)18(14(25)6-11)30-22-29-15-7-27-21(28-16-8-35-9-17(16)33)31-20(15)32(22)12-3-1-10(2-4-12)19(26)34/h5-7,10,12,16-17,33H,1-4,8-9H2,(H2,26,34)(H,29,30)(H,27,28,31)/t10?,12?,16-,17-/m0/s1. The van der Waals surface area contributed by atoms with Gasteiger partial charge in [-0.25, -0.2) is 9.97 Å². The molecule has 2 aromatic heterocycles. The minimum absolute atomic E-state index is 0.00565. The molecule has 13 heteroatoms. The number of rotatable bonds is 6. The fraction of sp³-hybridized carbons (Fsp3) is 0.455. The molecule has 1 saturated carbocycles. The van der Waals surface area contributed by atoms with Gasteiger partial charge in [0.2, 0.25) is 17.8 Å². The molecule has 0 bridgehead atoms. The number of aliphatic hydroxyl groups excluding tert-OH is 1. The van der Waals surface area contributed by atoms with Crippen LogP contribution in [-0.4, -0.2) is 55.9 Å². The van der Waals surface area contributed by atoms with Crippen LogP contribution >= 0.6 is 34.8 Å². The number of aromatic nitrogens is 4. The zero-order chi connectivity index (χ0) is 24.7. The molecule has 0 radical (unpaired) electrons. The van der Waals surface area contributed by atoms with Gasteiger partial charge < -0.3 is 26.2 Å². The maximum Gasteiger partial charge on any atom is 0.225 e. The molecule has 2 aliphatic rings. The normalized spacial score (nSPS) is 24.6. The summed E-state index contributed by atoms with van der Waals surface area (Å²) in [5.74, 6) is 0.425. The smallest absolute Gasteiger partial charge is 0.225 e. The number of nitrogens with zero attached hydrogens (tertiary/aromatic N) is 4. The number of benzene rings is 1. The average Bonchev–Trinajstić information content (AvgIpc) is 3.38. The Labute approximate surface area is 216 Å². The average molecular weight is 541 g/mol. The topological polar surface area (TPSA) is 140 Å². The molecule has 0 unspecified atom stereocenters. The molecule has 10 nitrogen and oxygen atoms in total. The number of nitrogens with one attached hydrogen (secondary N) is 2. The van der Waals surface area contributed by atoms with E-state index >= 15 is 0 Å². The maximum absolute atomic E-state index is 11.7. The van der Waals surface area contributed by atoms with E-state index in [9.17, 15) is 9.90 Å². The van der Waals surface area contributed by atoms with Crippen molar-refractivity contribution in [3.63, 3.8) is 0 Å². The van der Waals surface area contributed by atoms with Crippen LogP contribution in [0.2, 0.25) is 15.1 Å². The van der Waals surface area contributed by atoms with Gasteiger partial charge in [-0.3, -0.25) is 9.36 Å². The predicted octanol–water partition coefficient (Wildman–Crippen LogP) is 3.92. The molecule has 1 saturated heterocycles. The van der Waals surface area contributed by atoms with Gasteiger partial charge in [-0.15, -0.1) is 0 Å². The molecule has 3 heterocycles. The highest BCUT2D eigenvalue weighted by Gasteiger charge is 2.30. The SMILES string of the molecule is NC(=O)C1CCC(n2c(Nc3c(Cl)cc(Cl)cc3Cl)nc3cnc(N[C@H]4COC[C@@H]4O)nc32)CC1. The lowest BCUT2D eigenvalue weighted by molar-refractivity contribution is -0.122. The summed E-state index contributed by atoms with van der Waals surface area (Å²) in [5.41, 5.74) is 7.18. The summed E-state index contributed by atoms with van der Waals surface area (Å²) >= 11 is 18.9. The van der Waals surface area contributed by atoms with Gasteiger partial charge in [0.15, 0.2) is 5.65 Å². The lowest BCUT2D eigenvalue weighted by atomic mass is 9.85. The van der Waals surface area contributed by atoms with Crippen molar-refractivity contribution in [2.75, 3.05) is 23.8 Å². The van der Waals surface area contributed by atoms with Crippen molar-refractivity contribution in [2.45, 2.75) is 43.9 Å². The van der Waals surface area contributed by atoms with Crippen molar-refractivity contribution in [1.29, 1.82) is 0 Å². The first-order chi connectivity index (χ1) is 16.8. The minimum atomic E-state index is -0.644. The molecular formula is C22H24Cl3N7O3. The summed E-state index contributed by atoms with van der Waals surface area (Å²) in [7, 11) is 0. The van der Waals surface area contributed by atoms with Crippen LogP contribution in [0.4, 0.5) is 17.6 Å². The van der Waals surface area contributed by atoms with Crippen molar-refractivity contribution in [1.82, 2.24) is 19.5 Å². The van der Waals surface area contributed by atoms with E-state index in [1.165, 1.54) is 0 Å². The summed E-state index contributed by atoms with van der Waals surface area (Å²) in [6.07, 6.45) is 3.76. The number of hydrogen-bond acceptors (Lipinski definition) is 8. The van der Waals surface area contributed by atoms with Gasteiger partial charge in [0.25, 0.3) is 0 Å². The fourth-order valence-corrected chi connectivity index (χ4v) is 5.54. The van der Waals surface area contributed by atoms with E-state index in [0.29, 0.717) is 63.3 Å². The van der Waals surface area contributed by atoms with E-state index in [-0.39, 0.29) is 30.5 Å². The molecule has 2 fully saturated rings. The van der Waals surface area contributed by atoms with E-state index in [2.05, 4.69) is 15.6 Å². The van der Waals surface area contributed by atoms with Gasteiger partial charge in [-0.05, 0) is 37.8 Å². The summed E-state index contributed by atoms with van der Waals surface area (Å²) in [4.78, 5) is 25.5. The number of anilines is 3. The van der Waals surface area contributed by atoms with Gasteiger partial charge in [0.1, 0.15) is 5.52 Å². The highest BCUT2D eigenvalue weighted by Crippen LogP contribution is 2.40. The Hall–Kier alpha value is -2.37. The van der Waals surface area contributed by atoms with Gasteiger partial charge in [0.05, 0.1) is 47.3 Å². The number of carbonyl (C=O) groups is 1. The van der Waals surface area contributed by atoms with Crippen LogP contribution in [0.5, 0.6) is 0 Å². The van der Waals surface area contributed by atoms with E-state index in [1.54, 1.807) is 18.3 Å². The van der Waals surface area contributed by atoms with Crippen LogP contribution < -0.4 is 16.4 Å². The van der Waals surface area contributed by atoms with Gasteiger partial charge >= 0.3 is 0 Å². The van der Waals surface area contributed by atoms with Crippen LogP contribution in [0.1, 0.15) is 31.7 Å². The lowest BCUT2D eigenvalue weighted by Crippen LogP contribution is -2.32. The lowest BCUT2D eigenvalue weighted by Gasteiger charge is -2.29. The molecule has 1 aliphatic heterocycles. The third-order valence-electron chi connectivity index (χ3n) is 6.51. The Morgan fingerprint density at radius 3 is 2.46 bits per heavy atom. The fourth-order valence-electron chi connectivity index (χ4n) is 4.63. The zero-order valence-corrected chi connectivity index (χ0v) is 20.8. The second-order valence-electron chi connectivity index (χ2n) is 8.84. The number of nitrogens with two attached hydrogens (primary N) is 1. The monoisotopic (exact) mass is 539 g/mol. The molecule has 3 aromatic rings. The van der Waals surface area contributed by atoms with Crippen molar-refractivity contribution in [2.24, 2.45) is 11.7 Å². The van der Waals surface area contributed by atoms with Crippen LogP contribution in [-0.2, 0) is 9.53 Å². The van der Waals surface area contributed by atoms with E-state index in [4.69, 9.17) is 55.2 Å². The first-order valence-electron chi connectivity index (χ1n) is 11.3. The molecular weight excluding hydrogens is 517 g/mol. The predicted molar refractivity (Wildman–Crippen MR) is 135 cm³/mol. The van der Waals surface area contributed by atoms with Crippen molar-refractivity contribution in [3.8, 4) is 0 Å². The number of ether oxygens (including phenoxy) is 1. The molecule has 0 spiro atoms. The molecule has 1 aliphatic carbocycles. The number of amides is 1. The quantitative estimate of drug-likeness (QED) is 0.369. The molecule has 186 valence electrons. The zero-order valence-electron chi connectivity index (χ0n) is 18.5. The molecule has 2 atom stereocenters. The third-order valence-corrected chi connectivity index (χ3v) is 7.32. The Kier molecular flexibility index (Phi) is 6.91. The highest BCUT2D eigenvalue weighted by molar-refractivity contribution is 6.41. The number of imidazole rings is 1. The van der Waals surface area contributed by atoms with Crippen molar-refractivity contribution < 1.29 is 14.6 Å². The van der Waals surface area contributed by atoms with Crippen molar-refractivity contribution in [3.05, 3.63) is 33.4 Å². The minimum Gasteiger partial charge on any atom is -0.388 e. The van der Waals surface area contributed by atoms with Crippen LogP contribution in [0.3, 0.4) is 0 Å². The first kappa shape index (κ1) is 24.3. The third kappa shape index (κ3) is 4.99. The second-order valence-corrected chi connectivity index (χ2v) is 10.1. The van der Waals surface area contributed by atoms with Crippen LogP contribution in [0, 0.1) is 5.92 Å². The second kappa shape index (κ2) is 9.94. The summed E-state index contributed by atoms with van der Waals surface area (Å²) in [6.45, 7) is 0.622. The van der Waals surface area contributed by atoms with E-state index in [0.717, 1.165) is 12.8 Å². The number of carbonyl (C=O) groups excluding carboxylic acids is 1. The Balaban J connectivity index is 1.54. The summed E-state index contributed by atoms with van der Waals surface area (Å²) in [5, 5.41) is 17.6. The van der Waals surface area contributed by atoms with Crippen molar-refractivity contribution >= 4 is 69.5 Å². The van der Waals surface area contributed by atoms with Crippen LogP contribution in [0.15, 0.2) is 18.3 Å². The number of aliphatic hydroxyl groups is 1. The molecule has 35 heavy (non-hydrogen) atoms.